The molecule has 2 aromatic rings. The fourth-order valence-corrected chi connectivity index (χ4v) is 2.21. The molecule has 0 spiro atoms. The average molecular weight is 344 g/mol. The van der Waals surface area contributed by atoms with Crippen LogP contribution in [0.25, 0.3) is 0 Å². The topological polar surface area (TPSA) is 12.0 Å². The minimum absolute atomic E-state index is 0.288. The van der Waals surface area contributed by atoms with Crippen molar-refractivity contribution in [3.63, 3.8) is 0 Å². The van der Waals surface area contributed by atoms with Crippen molar-refractivity contribution >= 4 is 15.9 Å². The van der Waals surface area contributed by atoms with Gasteiger partial charge in [-0.2, -0.15) is 0 Å². The molecule has 0 aliphatic rings. The number of nitrogens with one attached hydrogen (secondary N) is 1. The van der Waals surface area contributed by atoms with Gasteiger partial charge in [-0.25, -0.2) is 13.2 Å². The summed E-state index contributed by atoms with van der Waals surface area (Å²) in [6.45, 7) is 0.884. The van der Waals surface area contributed by atoms with Crippen LogP contribution in [0.3, 0.4) is 0 Å². The van der Waals surface area contributed by atoms with Crippen molar-refractivity contribution in [1.29, 1.82) is 0 Å². The van der Waals surface area contributed by atoms with Crippen molar-refractivity contribution in [1.82, 2.24) is 5.32 Å². The van der Waals surface area contributed by atoms with E-state index in [2.05, 4.69) is 21.2 Å². The van der Waals surface area contributed by atoms with Gasteiger partial charge in [-0.15, -0.1) is 0 Å². The van der Waals surface area contributed by atoms with Gasteiger partial charge in [-0.1, -0.05) is 22.0 Å². The van der Waals surface area contributed by atoms with Crippen LogP contribution in [-0.4, -0.2) is 6.54 Å². The van der Waals surface area contributed by atoms with Crippen molar-refractivity contribution in [3.8, 4) is 0 Å². The summed E-state index contributed by atoms with van der Waals surface area (Å²) in [7, 11) is 0. The lowest BCUT2D eigenvalue weighted by atomic mass is 10.1. The van der Waals surface area contributed by atoms with Gasteiger partial charge in [0.05, 0.1) is 0 Å². The predicted molar refractivity (Wildman–Crippen MR) is 75.9 cm³/mol. The molecule has 106 valence electrons. The zero-order chi connectivity index (χ0) is 14.5. The lowest BCUT2D eigenvalue weighted by Gasteiger charge is -2.07. The summed E-state index contributed by atoms with van der Waals surface area (Å²) in [6, 6.07) is 8.29. The van der Waals surface area contributed by atoms with Crippen molar-refractivity contribution in [2.45, 2.75) is 13.0 Å². The van der Waals surface area contributed by atoms with Gasteiger partial charge in [0.15, 0.2) is 0 Å². The third kappa shape index (κ3) is 4.35. The highest BCUT2D eigenvalue weighted by Crippen LogP contribution is 2.15. The number of hydrogen-bond acceptors (Lipinski definition) is 1. The van der Waals surface area contributed by atoms with Crippen LogP contribution in [0.15, 0.2) is 40.9 Å². The zero-order valence-corrected chi connectivity index (χ0v) is 12.2. The Morgan fingerprint density at radius 1 is 0.950 bits per heavy atom. The van der Waals surface area contributed by atoms with E-state index in [0.717, 1.165) is 6.07 Å². The van der Waals surface area contributed by atoms with Crippen LogP contribution in [0, 0.1) is 17.5 Å². The SMILES string of the molecule is Fc1cc(F)cc(CCNCc2ccc(Br)cc2F)c1. The second-order valence-electron chi connectivity index (χ2n) is 4.44. The summed E-state index contributed by atoms with van der Waals surface area (Å²) in [6.07, 6.45) is 0.479. The van der Waals surface area contributed by atoms with Gasteiger partial charge in [-0.05, 0) is 42.8 Å². The standard InChI is InChI=1S/C15H13BrF3N/c16-12-2-1-11(15(19)7-12)9-20-4-3-10-5-13(17)8-14(18)6-10/h1-2,5-8,20H,3-4,9H2. The van der Waals surface area contributed by atoms with Crippen molar-refractivity contribution < 1.29 is 13.2 Å². The number of benzene rings is 2. The molecule has 0 radical (unpaired) electrons. The molecular formula is C15H13BrF3N. The molecule has 0 saturated carbocycles. The highest BCUT2D eigenvalue weighted by Gasteiger charge is 2.03. The van der Waals surface area contributed by atoms with Gasteiger partial charge in [0, 0.05) is 22.6 Å². The van der Waals surface area contributed by atoms with E-state index in [0.29, 0.717) is 35.1 Å². The van der Waals surface area contributed by atoms with Gasteiger partial charge < -0.3 is 5.32 Å². The van der Waals surface area contributed by atoms with Crippen LogP contribution >= 0.6 is 15.9 Å². The van der Waals surface area contributed by atoms with Gasteiger partial charge in [0.1, 0.15) is 17.5 Å². The van der Waals surface area contributed by atoms with Crippen LogP contribution in [0.1, 0.15) is 11.1 Å². The van der Waals surface area contributed by atoms with E-state index in [-0.39, 0.29) is 5.82 Å². The van der Waals surface area contributed by atoms with Crippen molar-refractivity contribution in [3.05, 3.63) is 69.4 Å². The van der Waals surface area contributed by atoms with E-state index in [1.807, 2.05) is 0 Å². The Balaban J connectivity index is 1.84. The fourth-order valence-electron chi connectivity index (χ4n) is 1.88. The molecule has 0 bridgehead atoms. The minimum Gasteiger partial charge on any atom is -0.312 e. The molecule has 1 N–H and O–H groups in total. The minimum atomic E-state index is -0.584. The normalized spacial score (nSPS) is 10.8. The Morgan fingerprint density at radius 2 is 1.65 bits per heavy atom. The number of halogens is 4. The third-order valence-corrected chi connectivity index (χ3v) is 3.34. The van der Waals surface area contributed by atoms with E-state index in [9.17, 15) is 13.2 Å². The number of rotatable bonds is 5. The maximum atomic E-state index is 13.5. The molecule has 2 rings (SSSR count). The lowest BCUT2D eigenvalue weighted by molar-refractivity contribution is 0.574. The molecule has 0 aliphatic carbocycles. The molecule has 0 unspecified atom stereocenters. The smallest absolute Gasteiger partial charge is 0.128 e. The van der Waals surface area contributed by atoms with E-state index < -0.39 is 11.6 Å². The highest BCUT2D eigenvalue weighted by molar-refractivity contribution is 9.10. The summed E-state index contributed by atoms with van der Waals surface area (Å²) in [4.78, 5) is 0. The average Bonchev–Trinajstić information content (AvgIpc) is 2.35. The summed E-state index contributed by atoms with van der Waals surface area (Å²) in [5.74, 6) is -1.46. The summed E-state index contributed by atoms with van der Waals surface area (Å²) in [5.41, 5.74) is 1.13. The van der Waals surface area contributed by atoms with E-state index in [4.69, 9.17) is 0 Å². The molecule has 0 amide bonds. The van der Waals surface area contributed by atoms with E-state index >= 15 is 0 Å². The van der Waals surface area contributed by atoms with Gasteiger partial charge >= 0.3 is 0 Å². The van der Waals surface area contributed by atoms with Crippen LogP contribution in [0.2, 0.25) is 0 Å². The van der Waals surface area contributed by atoms with Crippen LogP contribution in [0.4, 0.5) is 13.2 Å². The maximum Gasteiger partial charge on any atom is 0.128 e. The summed E-state index contributed by atoms with van der Waals surface area (Å²) in [5, 5.41) is 3.05. The molecule has 20 heavy (non-hydrogen) atoms. The van der Waals surface area contributed by atoms with Crippen LogP contribution in [0.5, 0.6) is 0 Å². The zero-order valence-electron chi connectivity index (χ0n) is 10.6. The highest BCUT2D eigenvalue weighted by atomic mass is 79.9. The number of hydrogen-bond donors (Lipinski definition) is 1. The molecule has 0 aromatic heterocycles. The Morgan fingerprint density at radius 3 is 2.30 bits per heavy atom. The Labute approximate surface area is 123 Å². The third-order valence-electron chi connectivity index (χ3n) is 2.84. The second kappa shape index (κ2) is 6.90. The largest absolute Gasteiger partial charge is 0.312 e. The first kappa shape index (κ1) is 15.1. The summed E-state index contributed by atoms with van der Waals surface area (Å²) >= 11 is 3.19. The molecule has 5 heteroatoms. The maximum absolute atomic E-state index is 13.5. The first-order valence-corrected chi connectivity index (χ1v) is 6.93. The van der Waals surface area contributed by atoms with Crippen molar-refractivity contribution in [2.24, 2.45) is 0 Å². The Kier molecular flexibility index (Phi) is 5.20. The molecule has 0 atom stereocenters. The van der Waals surface area contributed by atoms with Crippen LogP contribution in [-0.2, 0) is 13.0 Å². The molecule has 1 nitrogen and oxygen atoms in total. The van der Waals surface area contributed by atoms with Gasteiger partial charge in [0.2, 0.25) is 0 Å². The van der Waals surface area contributed by atoms with E-state index in [1.165, 1.54) is 18.2 Å². The lowest BCUT2D eigenvalue weighted by Crippen LogP contribution is -2.17. The molecule has 0 aliphatic heterocycles. The Bertz CT molecular complexity index is 581. The second-order valence-corrected chi connectivity index (χ2v) is 5.36. The van der Waals surface area contributed by atoms with Gasteiger partial charge in [-0.3, -0.25) is 0 Å². The quantitative estimate of drug-likeness (QED) is 0.802. The predicted octanol–water partition coefficient (Wildman–Crippen LogP) is 4.20. The molecule has 0 fully saturated rings. The molecule has 0 saturated heterocycles. The molecular weight excluding hydrogens is 331 g/mol. The van der Waals surface area contributed by atoms with Crippen molar-refractivity contribution in [2.75, 3.05) is 6.54 Å². The monoisotopic (exact) mass is 343 g/mol. The fraction of sp³-hybridized carbons (Fsp3) is 0.200. The Hall–Kier alpha value is -1.33. The first-order chi connectivity index (χ1) is 9.54. The van der Waals surface area contributed by atoms with Gasteiger partial charge in [0.25, 0.3) is 0 Å². The molecule has 0 heterocycles. The van der Waals surface area contributed by atoms with Crippen LogP contribution < -0.4 is 5.32 Å². The summed E-state index contributed by atoms with van der Waals surface area (Å²) < 4.78 is 40.2. The molecule has 2 aromatic carbocycles. The van der Waals surface area contributed by atoms with E-state index in [1.54, 1.807) is 12.1 Å². The first-order valence-electron chi connectivity index (χ1n) is 6.14.